The minimum Gasteiger partial charge on any atom is -0.494 e. The summed E-state index contributed by atoms with van der Waals surface area (Å²) in [6.45, 7) is 3.46. The number of ether oxygens (including phenoxy) is 2. The van der Waals surface area contributed by atoms with Crippen LogP contribution in [0.15, 0.2) is 47.4 Å². The number of nitrogens with zero attached hydrogens (tertiary/aromatic N) is 2. The predicted octanol–water partition coefficient (Wildman–Crippen LogP) is 3.96. The minimum atomic E-state index is -3.74. The Morgan fingerprint density at radius 3 is 2.32 bits per heavy atom. The average Bonchev–Trinajstić information content (AvgIpc) is 3.23. The molecule has 0 radical (unpaired) electrons. The highest BCUT2D eigenvalue weighted by Gasteiger charge is 2.30. The summed E-state index contributed by atoms with van der Waals surface area (Å²) in [6, 6.07) is 10.4. The van der Waals surface area contributed by atoms with Gasteiger partial charge in [-0.25, -0.2) is 8.42 Å². The molecule has 28 heavy (non-hydrogen) atoms. The number of hydrogen-bond acceptors (Lipinski definition) is 6. The van der Waals surface area contributed by atoms with Gasteiger partial charge >= 0.3 is 5.69 Å². The van der Waals surface area contributed by atoms with Crippen molar-refractivity contribution in [2.24, 2.45) is 0 Å². The van der Waals surface area contributed by atoms with Crippen molar-refractivity contribution >= 4 is 15.7 Å². The standard InChI is InChI=1S/C19H22N2O6S/c1-2-13-26-15-5-7-16(8-6-15)27-19-10-9-17(14-18(19)21(22)23)28(24,25)20-11-3-4-12-20/h5-10,14H,2-4,11-13H2,1H3. The maximum Gasteiger partial charge on any atom is 0.312 e. The van der Waals surface area contributed by atoms with Gasteiger partial charge in [-0.3, -0.25) is 10.1 Å². The van der Waals surface area contributed by atoms with E-state index in [1.165, 1.54) is 16.4 Å². The first-order chi connectivity index (χ1) is 13.4. The van der Waals surface area contributed by atoms with Crippen molar-refractivity contribution in [2.75, 3.05) is 19.7 Å². The van der Waals surface area contributed by atoms with E-state index in [0.717, 1.165) is 25.3 Å². The Balaban J connectivity index is 1.84. The van der Waals surface area contributed by atoms with Gasteiger partial charge < -0.3 is 9.47 Å². The molecule has 0 unspecified atom stereocenters. The molecule has 0 spiro atoms. The molecule has 1 aliphatic rings. The van der Waals surface area contributed by atoms with Crippen LogP contribution >= 0.6 is 0 Å². The smallest absolute Gasteiger partial charge is 0.312 e. The van der Waals surface area contributed by atoms with E-state index >= 15 is 0 Å². The number of rotatable bonds is 8. The molecule has 1 fully saturated rings. The Labute approximate surface area is 163 Å². The lowest BCUT2D eigenvalue weighted by atomic mass is 10.3. The van der Waals surface area contributed by atoms with Crippen LogP contribution in [-0.4, -0.2) is 37.3 Å². The summed E-state index contributed by atoms with van der Waals surface area (Å²) in [5.41, 5.74) is -0.397. The molecule has 2 aromatic carbocycles. The summed E-state index contributed by atoms with van der Waals surface area (Å²) in [4.78, 5) is 10.7. The first-order valence-corrected chi connectivity index (χ1v) is 10.5. The molecule has 0 aromatic heterocycles. The third kappa shape index (κ3) is 4.42. The van der Waals surface area contributed by atoms with E-state index in [9.17, 15) is 18.5 Å². The summed E-state index contributed by atoms with van der Waals surface area (Å²) in [5, 5.41) is 11.5. The molecule has 0 amide bonds. The first kappa shape index (κ1) is 20.1. The van der Waals surface area contributed by atoms with E-state index in [0.29, 0.717) is 31.2 Å². The quantitative estimate of drug-likeness (QED) is 0.486. The molecule has 0 bridgehead atoms. The van der Waals surface area contributed by atoms with E-state index in [4.69, 9.17) is 9.47 Å². The highest BCUT2D eigenvalue weighted by molar-refractivity contribution is 7.89. The number of nitro groups is 1. The van der Waals surface area contributed by atoms with E-state index in [-0.39, 0.29) is 10.6 Å². The Bertz CT molecular complexity index is 937. The molecule has 1 heterocycles. The van der Waals surface area contributed by atoms with Crippen LogP contribution in [-0.2, 0) is 10.0 Å². The van der Waals surface area contributed by atoms with Crippen LogP contribution in [0.2, 0.25) is 0 Å². The van der Waals surface area contributed by atoms with Gasteiger partial charge in [0.15, 0.2) is 0 Å². The summed E-state index contributed by atoms with van der Waals surface area (Å²) in [5.74, 6) is 1.05. The number of hydrogen-bond donors (Lipinski definition) is 0. The van der Waals surface area contributed by atoms with Gasteiger partial charge in [-0.15, -0.1) is 0 Å². The van der Waals surface area contributed by atoms with Crippen molar-refractivity contribution in [3.63, 3.8) is 0 Å². The van der Waals surface area contributed by atoms with E-state index in [1.807, 2.05) is 6.92 Å². The van der Waals surface area contributed by atoms with Crippen molar-refractivity contribution in [3.8, 4) is 17.2 Å². The van der Waals surface area contributed by atoms with Gasteiger partial charge in [0.25, 0.3) is 0 Å². The molecule has 0 saturated carbocycles. The van der Waals surface area contributed by atoms with Crippen LogP contribution in [0.4, 0.5) is 5.69 Å². The number of sulfonamides is 1. The number of benzene rings is 2. The fourth-order valence-corrected chi connectivity index (χ4v) is 4.45. The SMILES string of the molecule is CCCOc1ccc(Oc2ccc(S(=O)(=O)N3CCCC3)cc2[N+](=O)[O-])cc1. The molecule has 9 heteroatoms. The second-order valence-corrected chi connectivity index (χ2v) is 8.36. The molecule has 0 aliphatic carbocycles. The van der Waals surface area contributed by atoms with Gasteiger partial charge in [-0.1, -0.05) is 6.92 Å². The molecule has 2 aromatic rings. The second-order valence-electron chi connectivity index (χ2n) is 6.42. The maximum absolute atomic E-state index is 12.7. The van der Waals surface area contributed by atoms with E-state index in [1.54, 1.807) is 24.3 Å². The Kier molecular flexibility index (Phi) is 6.15. The van der Waals surface area contributed by atoms with Crippen LogP contribution in [0, 0.1) is 10.1 Å². The Morgan fingerprint density at radius 2 is 1.71 bits per heavy atom. The van der Waals surface area contributed by atoms with Crippen LogP contribution < -0.4 is 9.47 Å². The highest BCUT2D eigenvalue weighted by atomic mass is 32.2. The molecule has 8 nitrogen and oxygen atoms in total. The summed E-state index contributed by atoms with van der Waals surface area (Å²) in [7, 11) is -3.74. The lowest BCUT2D eigenvalue weighted by Gasteiger charge is -2.16. The van der Waals surface area contributed by atoms with Gasteiger partial charge in [0, 0.05) is 19.2 Å². The molecular weight excluding hydrogens is 384 g/mol. The monoisotopic (exact) mass is 406 g/mol. The molecule has 1 saturated heterocycles. The predicted molar refractivity (Wildman–Crippen MR) is 103 cm³/mol. The van der Waals surface area contributed by atoms with Crippen LogP contribution in [0.3, 0.4) is 0 Å². The van der Waals surface area contributed by atoms with Crippen LogP contribution in [0.25, 0.3) is 0 Å². The zero-order valence-corrected chi connectivity index (χ0v) is 16.4. The molecule has 1 aliphatic heterocycles. The van der Waals surface area contributed by atoms with Crippen molar-refractivity contribution in [2.45, 2.75) is 31.1 Å². The third-order valence-electron chi connectivity index (χ3n) is 4.35. The largest absolute Gasteiger partial charge is 0.494 e. The van der Waals surface area contributed by atoms with Gasteiger partial charge in [-0.2, -0.15) is 4.31 Å². The molecule has 0 atom stereocenters. The summed E-state index contributed by atoms with van der Waals surface area (Å²) >= 11 is 0. The van der Waals surface area contributed by atoms with Gasteiger partial charge in [0.2, 0.25) is 15.8 Å². The highest BCUT2D eigenvalue weighted by Crippen LogP contribution is 2.35. The second kappa shape index (κ2) is 8.57. The first-order valence-electron chi connectivity index (χ1n) is 9.11. The zero-order chi connectivity index (χ0) is 20.1. The van der Waals surface area contributed by atoms with Crippen LogP contribution in [0.5, 0.6) is 17.2 Å². The van der Waals surface area contributed by atoms with Gasteiger partial charge in [0.1, 0.15) is 11.5 Å². The summed E-state index contributed by atoms with van der Waals surface area (Å²) in [6.07, 6.45) is 2.47. The topological polar surface area (TPSA) is 99.0 Å². The fourth-order valence-electron chi connectivity index (χ4n) is 2.91. The zero-order valence-electron chi connectivity index (χ0n) is 15.5. The lowest BCUT2D eigenvalue weighted by molar-refractivity contribution is -0.385. The van der Waals surface area contributed by atoms with Gasteiger partial charge in [0.05, 0.1) is 16.4 Å². The minimum absolute atomic E-state index is 0.0207. The Morgan fingerprint density at radius 1 is 1.07 bits per heavy atom. The van der Waals surface area contributed by atoms with Crippen molar-refractivity contribution in [3.05, 3.63) is 52.6 Å². The normalized spacial score (nSPS) is 14.8. The average molecular weight is 406 g/mol. The van der Waals surface area contributed by atoms with Crippen molar-refractivity contribution in [1.29, 1.82) is 0 Å². The number of nitro benzene ring substituents is 1. The molecular formula is C19H22N2O6S. The molecule has 150 valence electrons. The third-order valence-corrected chi connectivity index (χ3v) is 6.25. The van der Waals surface area contributed by atoms with Crippen molar-refractivity contribution in [1.82, 2.24) is 4.31 Å². The molecule has 0 N–H and O–H groups in total. The maximum atomic E-state index is 12.7. The fraction of sp³-hybridized carbons (Fsp3) is 0.368. The molecule has 3 rings (SSSR count). The summed E-state index contributed by atoms with van der Waals surface area (Å²) < 4.78 is 37.8. The van der Waals surface area contributed by atoms with Gasteiger partial charge in [-0.05, 0) is 55.7 Å². The lowest BCUT2D eigenvalue weighted by Crippen LogP contribution is -2.27. The van der Waals surface area contributed by atoms with Crippen molar-refractivity contribution < 1.29 is 22.8 Å². The van der Waals surface area contributed by atoms with E-state index in [2.05, 4.69) is 0 Å². The van der Waals surface area contributed by atoms with Crippen LogP contribution in [0.1, 0.15) is 26.2 Å². The van der Waals surface area contributed by atoms with E-state index < -0.39 is 20.6 Å². The Hall–Kier alpha value is -2.65.